The first kappa shape index (κ1) is 16.3. The molecule has 0 aliphatic carbocycles. The number of benzene rings is 1. The van der Waals surface area contributed by atoms with E-state index in [-0.39, 0.29) is 24.0 Å². The summed E-state index contributed by atoms with van der Waals surface area (Å²) in [5, 5.41) is 20.2. The third kappa shape index (κ3) is 3.52. The molecule has 0 unspecified atom stereocenters. The topological polar surface area (TPSA) is 121 Å². The first-order valence-electron chi connectivity index (χ1n) is 7.28. The Morgan fingerprint density at radius 3 is 2.36 bits per heavy atom. The summed E-state index contributed by atoms with van der Waals surface area (Å²) in [5.74, 6) is -2.50. The highest BCUT2D eigenvalue weighted by Gasteiger charge is 2.33. The Hall–Kier alpha value is -3.56. The minimum Gasteiger partial charge on any atom is -0.856 e. The van der Waals surface area contributed by atoms with Crippen LogP contribution in [0.2, 0.25) is 0 Å². The van der Waals surface area contributed by atoms with Crippen LogP contribution in [0.5, 0.6) is 0 Å². The molecule has 1 aromatic carbocycles. The molecule has 0 saturated carbocycles. The molecule has 0 bridgehead atoms. The number of carbonyl (C=O) groups excluding carboxylic acids is 3. The fraction of sp³-hybridized carbons (Fsp3) is 0.200. The molecule has 25 heavy (non-hydrogen) atoms. The maximum absolute atomic E-state index is 12.0. The molecule has 0 N–H and O–H groups in total. The van der Waals surface area contributed by atoms with E-state index in [1.165, 1.54) is 46.3 Å². The van der Waals surface area contributed by atoms with Crippen molar-refractivity contribution in [2.75, 3.05) is 0 Å². The van der Waals surface area contributed by atoms with Gasteiger partial charge in [-0.3, -0.25) is 9.59 Å². The minimum absolute atomic E-state index is 0.0209. The van der Waals surface area contributed by atoms with Gasteiger partial charge in [-0.05, 0) is 17.7 Å². The second-order valence-electron chi connectivity index (χ2n) is 5.24. The minimum atomic E-state index is -0.860. The summed E-state index contributed by atoms with van der Waals surface area (Å²) in [6, 6.07) is 5.49. The van der Waals surface area contributed by atoms with Gasteiger partial charge in [0.1, 0.15) is 0 Å². The van der Waals surface area contributed by atoms with Crippen molar-refractivity contribution < 1.29 is 29.0 Å². The van der Waals surface area contributed by atoms with Gasteiger partial charge in [-0.15, -0.1) is 19.5 Å². The van der Waals surface area contributed by atoms with Crippen molar-refractivity contribution in [1.82, 2.24) is 14.8 Å². The summed E-state index contributed by atoms with van der Waals surface area (Å²) in [7, 11) is 1.69. The van der Waals surface area contributed by atoms with Gasteiger partial charge in [0.2, 0.25) is 6.33 Å². The van der Waals surface area contributed by atoms with Crippen molar-refractivity contribution >= 4 is 23.7 Å². The standard InChI is InChI=1S/C15H13N5O5/c1-18-9-19(8-16-18)17-14(23)10-2-4-11(5-3-10)15(24)25-20-12(21)6-7-13(20)22/h2-5,8-9H,6-7H2,1H3. The largest absolute Gasteiger partial charge is 0.856 e. The number of aryl methyl sites for hydroxylation is 1. The molecular weight excluding hydrogens is 330 g/mol. The van der Waals surface area contributed by atoms with Crippen molar-refractivity contribution in [3.63, 3.8) is 0 Å². The van der Waals surface area contributed by atoms with Crippen molar-refractivity contribution in [3.8, 4) is 0 Å². The van der Waals surface area contributed by atoms with Crippen LogP contribution < -0.4 is 9.78 Å². The lowest BCUT2D eigenvalue weighted by Crippen LogP contribution is -2.32. The fourth-order valence-corrected chi connectivity index (χ4v) is 2.12. The number of rotatable bonds is 4. The molecule has 3 rings (SSSR count). The van der Waals surface area contributed by atoms with Crippen LogP contribution >= 0.6 is 0 Å². The third-order valence-corrected chi connectivity index (χ3v) is 3.39. The Balaban J connectivity index is 1.71. The maximum Gasteiger partial charge on any atom is 0.363 e. The van der Waals surface area contributed by atoms with Gasteiger partial charge in [-0.25, -0.2) is 4.79 Å². The smallest absolute Gasteiger partial charge is 0.363 e. The van der Waals surface area contributed by atoms with Gasteiger partial charge in [0.05, 0.1) is 12.6 Å². The zero-order valence-electron chi connectivity index (χ0n) is 13.2. The lowest BCUT2D eigenvalue weighted by atomic mass is 10.1. The second kappa shape index (κ2) is 6.51. The van der Waals surface area contributed by atoms with Crippen LogP contribution in [0, 0.1) is 0 Å². The summed E-state index contributed by atoms with van der Waals surface area (Å²) in [4.78, 5) is 39.6. The molecule has 0 atom stereocenters. The van der Waals surface area contributed by atoms with Gasteiger partial charge >= 0.3 is 5.97 Å². The first-order valence-corrected chi connectivity index (χ1v) is 7.28. The summed E-state index contributed by atoms with van der Waals surface area (Å²) < 4.78 is 2.74. The zero-order chi connectivity index (χ0) is 18.0. The molecule has 1 aliphatic rings. The lowest BCUT2D eigenvalue weighted by Gasteiger charge is -2.13. The summed E-state index contributed by atoms with van der Waals surface area (Å²) in [6.07, 6.45) is 2.92. The van der Waals surface area contributed by atoms with E-state index in [9.17, 15) is 19.5 Å². The number of carbonyl (C=O) groups is 3. The van der Waals surface area contributed by atoms with Crippen LogP contribution in [0.4, 0.5) is 0 Å². The van der Waals surface area contributed by atoms with Crippen LogP contribution in [0.3, 0.4) is 0 Å². The summed E-state index contributed by atoms with van der Waals surface area (Å²) >= 11 is 0. The van der Waals surface area contributed by atoms with Gasteiger partial charge < -0.3 is 9.94 Å². The Labute approximate surface area is 141 Å². The van der Waals surface area contributed by atoms with Crippen LogP contribution in [-0.4, -0.2) is 38.5 Å². The third-order valence-electron chi connectivity index (χ3n) is 3.39. The molecule has 0 radical (unpaired) electrons. The SMILES string of the molecule is Cn1c[n+](/N=C(/[O-])c2ccc(C(=O)ON3C(=O)CCC3=O)cc2)cn1. The van der Waals surface area contributed by atoms with E-state index in [1.807, 2.05) is 0 Å². The normalized spacial score (nSPS) is 14.9. The summed E-state index contributed by atoms with van der Waals surface area (Å²) in [6.45, 7) is 0. The molecular formula is C15H13N5O5. The first-order chi connectivity index (χ1) is 11.9. The van der Waals surface area contributed by atoms with Gasteiger partial charge in [-0.2, -0.15) is 0 Å². The molecule has 2 heterocycles. The Bertz CT molecular complexity index is 855. The Kier molecular flexibility index (Phi) is 4.25. The van der Waals surface area contributed by atoms with Crippen molar-refractivity contribution in [2.24, 2.45) is 12.1 Å². The van der Waals surface area contributed by atoms with E-state index in [0.29, 0.717) is 5.06 Å². The number of hydroxylamine groups is 2. The molecule has 1 aliphatic heterocycles. The van der Waals surface area contributed by atoms with Crippen molar-refractivity contribution in [1.29, 1.82) is 0 Å². The highest BCUT2D eigenvalue weighted by Crippen LogP contribution is 2.14. The average Bonchev–Trinajstić information content (AvgIpc) is 3.14. The van der Waals surface area contributed by atoms with E-state index < -0.39 is 23.7 Å². The molecule has 10 heteroatoms. The predicted molar refractivity (Wildman–Crippen MR) is 78.3 cm³/mol. The zero-order valence-corrected chi connectivity index (χ0v) is 13.2. The number of hydrogen-bond donors (Lipinski definition) is 0. The number of aromatic nitrogens is 3. The van der Waals surface area contributed by atoms with Crippen LogP contribution in [0.1, 0.15) is 28.8 Å². The molecule has 1 aromatic heterocycles. The van der Waals surface area contributed by atoms with Gasteiger partial charge in [0.25, 0.3) is 18.1 Å². The number of amides is 2. The molecule has 10 nitrogen and oxygen atoms in total. The van der Waals surface area contributed by atoms with Crippen LogP contribution in [0.15, 0.2) is 42.0 Å². The highest BCUT2D eigenvalue weighted by atomic mass is 16.7. The van der Waals surface area contributed by atoms with Gasteiger partial charge in [0.15, 0.2) is 0 Å². The van der Waals surface area contributed by atoms with Crippen molar-refractivity contribution in [3.05, 3.63) is 48.0 Å². The number of nitrogens with zero attached hydrogens (tertiary/aromatic N) is 5. The molecule has 2 aromatic rings. The van der Waals surface area contributed by atoms with E-state index in [0.717, 1.165) is 0 Å². The highest BCUT2D eigenvalue weighted by molar-refractivity contribution is 6.02. The molecule has 128 valence electrons. The molecule has 2 amide bonds. The number of hydrogen-bond acceptors (Lipinski definition) is 7. The fourth-order valence-electron chi connectivity index (χ4n) is 2.12. The predicted octanol–water partition coefficient (Wildman–Crippen LogP) is -1.50. The van der Waals surface area contributed by atoms with Crippen LogP contribution in [0.25, 0.3) is 0 Å². The quantitative estimate of drug-likeness (QED) is 0.288. The average molecular weight is 343 g/mol. The second-order valence-corrected chi connectivity index (χ2v) is 5.24. The van der Waals surface area contributed by atoms with Crippen LogP contribution in [-0.2, 0) is 21.5 Å². The number of imide groups is 1. The van der Waals surface area contributed by atoms with E-state index in [2.05, 4.69) is 10.2 Å². The lowest BCUT2D eigenvalue weighted by molar-refractivity contribution is -0.682. The van der Waals surface area contributed by atoms with E-state index in [4.69, 9.17) is 4.84 Å². The van der Waals surface area contributed by atoms with Gasteiger partial charge in [-0.1, -0.05) is 12.1 Å². The Morgan fingerprint density at radius 2 is 1.80 bits per heavy atom. The maximum atomic E-state index is 12.0. The molecule has 0 spiro atoms. The molecule has 1 saturated heterocycles. The van der Waals surface area contributed by atoms with Crippen molar-refractivity contribution in [2.45, 2.75) is 12.8 Å². The van der Waals surface area contributed by atoms with E-state index >= 15 is 0 Å². The summed E-state index contributed by atoms with van der Waals surface area (Å²) in [5.41, 5.74) is 0.347. The molecule has 1 fully saturated rings. The van der Waals surface area contributed by atoms with E-state index in [1.54, 1.807) is 7.05 Å². The monoisotopic (exact) mass is 343 g/mol. The van der Waals surface area contributed by atoms with Gasteiger partial charge in [0, 0.05) is 23.8 Å². The Morgan fingerprint density at radius 1 is 1.20 bits per heavy atom.